The zero-order chi connectivity index (χ0) is 19.2. The zero-order valence-electron chi connectivity index (χ0n) is 16.2. The Hall–Kier alpha value is -1.24. The van der Waals surface area contributed by atoms with Gasteiger partial charge in [0.15, 0.2) is 14.4 Å². The molecule has 1 aromatic carbocycles. The summed E-state index contributed by atoms with van der Waals surface area (Å²) in [5, 5.41) is 0.619. The molecule has 0 aliphatic carbocycles. The third kappa shape index (κ3) is 6.48. The molecule has 1 saturated heterocycles. The summed E-state index contributed by atoms with van der Waals surface area (Å²) in [5.74, 6) is 0.673. The van der Waals surface area contributed by atoms with Crippen LogP contribution in [0.15, 0.2) is 24.3 Å². The highest BCUT2D eigenvalue weighted by Gasteiger charge is 2.35. The van der Waals surface area contributed by atoms with Crippen molar-refractivity contribution in [2.75, 3.05) is 19.8 Å². The van der Waals surface area contributed by atoms with E-state index >= 15 is 0 Å². The first-order chi connectivity index (χ1) is 12.3. The van der Waals surface area contributed by atoms with E-state index in [1.807, 2.05) is 19.1 Å². The number of halogens is 1. The monoisotopic (exact) mass is 399 g/mol. The summed E-state index contributed by atoms with van der Waals surface area (Å²) in [6.07, 6.45) is 1.80. The maximum absolute atomic E-state index is 12.2. The molecule has 0 radical (unpaired) electrons. The first-order valence-corrected chi connectivity index (χ1v) is 12.8. The number of cyclic esters (lactones) is 1. The Balaban J connectivity index is 1.79. The topological polar surface area (TPSA) is 48.0 Å². The van der Waals surface area contributed by atoms with Crippen molar-refractivity contribution in [1.82, 2.24) is 4.90 Å². The van der Waals surface area contributed by atoms with Gasteiger partial charge in [-0.2, -0.15) is 0 Å². The molecule has 2 atom stereocenters. The van der Waals surface area contributed by atoms with Crippen molar-refractivity contribution in [2.45, 2.75) is 58.0 Å². The predicted molar refractivity (Wildman–Crippen MR) is 107 cm³/mol. The minimum Gasteiger partial charge on any atom is -0.490 e. The van der Waals surface area contributed by atoms with Crippen molar-refractivity contribution in [3.63, 3.8) is 0 Å². The van der Waals surface area contributed by atoms with Gasteiger partial charge in [0.1, 0.15) is 12.4 Å². The van der Waals surface area contributed by atoms with E-state index in [1.165, 1.54) is 12.8 Å². The molecule has 0 N–H and O–H groups in total. The lowest BCUT2D eigenvalue weighted by Gasteiger charge is -2.28. The fourth-order valence-electron chi connectivity index (χ4n) is 2.84. The highest BCUT2D eigenvalue weighted by atomic mass is 35.5. The lowest BCUT2D eigenvalue weighted by Crippen LogP contribution is -2.41. The predicted octanol–water partition coefficient (Wildman–Crippen LogP) is 4.95. The van der Waals surface area contributed by atoms with Gasteiger partial charge in [0.2, 0.25) is 0 Å². The standard InChI is InChI=1S/C19H30ClNO4Si/c1-5-6-10-26(3,4)24-13-15(2)21-12-18(25-19(21)22)14-23-17-9-7-8-16(20)11-17/h7-9,11,15,18H,5-6,10,12-14H2,1-4H3/t15-,18+/m1/s1. The maximum atomic E-state index is 12.2. The summed E-state index contributed by atoms with van der Waals surface area (Å²) in [4.78, 5) is 13.9. The number of ether oxygens (including phenoxy) is 2. The summed E-state index contributed by atoms with van der Waals surface area (Å²) in [7, 11) is -1.66. The molecule has 0 spiro atoms. The van der Waals surface area contributed by atoms with Gasteiger partial charge in [-0.15, -0.1) is 0 Å². The van der Waals surface area contributed by atoms with E-state index < -0.39 is 8.32 Å². The second kappa shape index (κ2) is 9.62. The van der Waals surface area contributed by atoms with Crippen LogP contribution in [0.3, 0.4) is 0 Å². The van der Waals surface area contributed by atoms with Gasteiger partial charge in [0.05, 0.1) is 19.2 Å². The van der Waals surface area contributed by atoms with Gasteiger partial charge in [0.25, 0.3) is 0 Å². The summed E-state index contributed by atoms with van der Waals surface area (Å²) < 4.78 is 17.3. The third-order valence-electron chi connectivity index (χ3n) is 4.51. The molecule has 1 aromatic rings. The molecule has 26 heavy (non-hydrogen) atoms. The van der Waals surface area contributed by atoms with E-state index in [0.717, 1.165) is 6.04 Å². The number of rotatable bonds is 10. The number of hydrogen-bond donors (Lipinski definition) is 0. The van der Waals surface area contributed by atoms with Gasteiger partial charge < -0.3 is 13.9 Å². The number of carbonyl (C=O) groups is 1. The molecule has 1 heterocycles. The van der Waals surface area contributed by atoms with Crippen LogP contribution in [0.25, 0.3) is 0 Å². The van der Waals surface area contributed by atoms with Crippen LogP contribution < -0.4 is 4.74 Å². The van der Waals surface area contributed by atoms with Crippen LogP contribution in [0.2, 0.25) is 24.2 Å². The van der Waals surface area contributed by atoms with Crippen molar-refractivity contribution in [1.29, 1.82) is 0 Å². The number of unbranched alkanes of at least 4 members (excludes halogenated alkanes) is 1. The van der Waals surface area contributed by atoms with Crippen LogP contribution in [0, 0.1) is 0 Å². The van der Waals surface area contributed by atoms with Crippen LogP contribution in [0.1, 0.15) is 26.7 Å². The zero-order valence-corrected chi connectivity index (χ0v) is 17.9. The molecule has 1 amide bonds. The number of carbonyl (C=O) groups excluding carboxylic acids is 1. The van der Waals surface area contributed by atoms with Gasteiger partial charge in [0, 0.05) is 5.02 Å². The van der Waals surface area contributed by atoms with Crippen molar-refractivity contribution in [3.05, 3.63) is 29.3 Å². The second-order valence-corrected chi connectivity index (χ2v) is 12.2. The van der Waals surface area contributed by atoms with Crippen molar-refractivity contribution in [2.24, 2.45) is 0 Å². The molecule has 5 nitrogen and oxygen atoms in total. The highest BCUT2D eigenvalue weighted by Crippen LogP contribution is 2.21. The Morgan fingerprint density at radius 3 is 2.88 bits per heavy atom. The summed E-state index contributed by atoms with van der Waals surface area (Å²) in [5.41, 5.74) is 0. The summed E-state index contributed by atoms with van der Waals surface area (Å²) in [6, 6.07) is 8.34. The van der Waals surface area contributed by atoms with E-state index in [1.54, 1.807) is 17.0 Å². The van der Waals surface area contributed by atoms with Crippen molar-refractivity contribution < 1.29 is 18.7 Å². The molecule has 0 saturated carbocycles. The number of nitrogens with zero attached hydrogens (tertiary/aromatic N) is 1. The minimum atomic E-state index is -1.66. The molecular weight excluding hydrogens is 370 g/mol. The lowest BCUT2D eigenvalue weighted by atomic mass is 10.3. The van der Waals surface area contributed by atoms with Gasteiger partial charge >= 0.3 is 6.09 Å². The Morgan fingerprint density at radius 2 is 2.19 bits per heavy atom. The van der Waals surface area contributed by atoms with Crippen LogP contribution >= 0.6 is 11.6 Å². The summed E-state index contributed by atoms with van der Waals surface area (Å²) in [6.45, 7) is 10.1. The van der Waals surface area contributed by atoms with Gasteiger partial charge in [-0.05, 0) is 44.3 Å². The Labute approximate surface area is 162 Å². The number of amides is 1. The summed E-state index contributed by atoms with van der Waals surface area (Å²) >= 11 is 5.95. The quantitative estimate of drug-likeness (QED) is 0.522. The average molecular weight is 400 g/mol. The fourth-order valence-corrected chi connectivity index (χ4v) is 5.07. The molecule has 1 aliphatic heterocycles. The van der Waals surface area contributed by atoms with E-state index in [-0.39, 0.29) is 18.2 Å². The minimum absolute atomic E-state index is 0.00734. The van der Waals surface area contributed by atoms with Gasteiger partial charge in [-0.1, -0.05) is 37.4 Å². The average Bonchev–Trinajstić information content (AvgIpc) is 2.97. The molecule has 0 unspecified atom stereocenters. The molecule has 1 aliphatic rings. The van der Waals surface area contributed by atoms with Crippen molar-refractivity contribution in [3.8, 4) is 5.75 Å². The lowest BCUT2D eigenvalue weighted by molar-refractivity contribution is 0.100. The number of hydrogen-bond acceptors (Lipinski definition) is 4. The highest BCUT2D eigenvalue weighted by molar-refractivity contribution is 6.71. The van der Waals surface area contributed by atoms with Crippen LogP contribution in [0.4, 0.5) is 4.79 Å². The van der Waals surface area contributed by atoms with E-state index in [4.69, 9.17) is 25.5 Å². The molecule has 1 fully saturated rings. The van der Waals surface area contributed by atoms with Gasteiger partial charge in [-0.25, -0.2) is 4.79 Å². The number of benzene rings is 1. The smallest absolute Gasteiger partial charge is 0.410 e. The van der Waals surface area contributed by atoms with Crippen molar-refractivity contribution >= 4 is 26.0 Å². The van der Waals surface area contributed by atoms with Crippen LogP contribution in [-0.2, 0) is 9.16 Å². The van der Waals surface area contributed by atoms with Crippen LogP contribution in [0.5, 0.6) is 5.75 Å². The molecule has 146 valence electrons. The normalized spacial score (nSPS) is 18.7. The fraction of sp³-hybridized carbons (Fsp3) is 0.632. The Bertz CT molecular complexity index is 599. The van der Waals surface area contributed by atoms with Gasteiger partial charge in [-0.3, -0.25) is 4.90 Å². The molecule has 2 rings (SSSR count). The Morgan fingerprint density at radius 1 is 1.42 bits per heavy atom. The first kappa shape index (κ1) is 21.1. The Kier molecular flexibility index (Phi) is 7.79. The SMILES string of the molecule is CCCC[Si](C)(C)OC[C@@H](C)N1C[C@@H](COc2cccc(Cl)c2)OC1=O. The molecule has 0 aromatic heterocycles. The first-order valence-electron chi connectivity index (χ1n) is 9.30. The third-order valence-corrected chi connectivity index (χ3v) is 7.25. The maximum Gasteiger partial charge on any atom is 0.410 e. The largest absolute Gasteiger partial charge is 0.490 e. The van der Waals surface area contributed by atoms with E-state index in [2.05, 4.69) is 20.0 Å². The second-order valence-electron chi connectivity index (χ2n) is 7.45. The molecular formula is C19H30ClNO4Si. The molecule has 7 heteroatoms. The van der Waals surface area contributed by atoms with E-state index in [9.17, 15) is 4.79 Å². The molecule has 0 bridgehead atoms. The van der Waals surface area contributed by atoms with Crippen LogP contribution in [-0.4, -0.2) is 51.2 Å². The van der Waals surface area contributed by atoms with E-state index in [0.29, 0.717) is 30.5 Å².